The number of methoxy groups -OCH3 is 1. The van der Waals surface area contributed by atoms with Gasteiger partial charge in [0.1, 0.15) is 0 Å². The fraction of sp³-hybridized carbons (Fsp3) is 0.533. The van der Waals surface area contributed by atoms with Crippen LogP contribution in [0.25, 0.3) is 0 Å². The van der Waals surface area contributed by atoms with Gasteiger partial charge in [-0.3, -0.25) is 0 Å². The van der Waals surface area contributed by atoms with E-state index in [2.05, 4.69) is 5.32 Å². The number of hydrogen-bond acceptors (Lipinski definition) is 4. The summed E-state index contributed by atoms with van der Waals surface area (Å²) in [6, 6.07) is 5.42. The zero-order valence-electron chi connectivity index (χ0n) is 11.4. The highest BCUT2D eigenvalue weighted by Crippen LogP contribution is 2.25. The van der Waals surface area contributed by atoms with Gasteiger partial charge in [0, 0.05) is 17.9 Å². The third-order valence-corrected chi connectivity index (χ3v) is 3.78. The molecule has 0 spiro atoms. The molecule has 0 bridgehead atoms. The van der Waals surface area contributed by atoms with Gasteiger partial charge >= 0.3 is 5.97 Å². The second-order valence-corrected chi connectivity index (χ2v) is 5.18. The van der Waals surface area contributed by atoms with E-state index < -0.39 is 0 Å². The standard InChI is InChI=1S/C15H22N2O2/c1-19-15(18)13-9-12(7-8-14(13)16)17-10-11-5-3-2-4-6-11/h7-9,11,17H,2-6,10,16H2,1H3. The van der Waals surface area contributed by atoms with Crippen molar-refractivity contribution in [1.82, 2.24) is 0 Å². The number of nitrogens with two attached hydrogens (primary N) is 1. The topological polar surface area (TPSA) is 64.3 Å². The van der Waals surface area contributed by atoms with Crippen molar-refractivity contribution >= 4 is 17.3 Å². The van der Waals surface area contributed by atoms with Crippen LogP contribution >= 0.6 is 0 Å². The van der Waals surface area contributed by atoms with Gasteiger partial charge in [0.15, 0.2) is 0 Å². The minimum atomic E-state index is -0.390. The number of esters is 1. The fourth-order valence-corrected chi connectivity index (χ4v) is 2.61. The van der Waals surface area contributed by atoms with Crippen molar-refractivity contribution in [2.75, 3.05) is 24.7 Å². The fourth-order valence-electron chi connectivity index (χ4n) is 2.61. The highest BCUT2D eigenvalue weighted by Gasteiger charge is 2.14. The lowest BCUT2D eigenvalue weighted by molar-refractivity contribution is 0.0602. The van der Waals surface area contributed by atoms with E-state index in [-0.39, 0.29) is 5.97 Å². The van der Waals surface area contributed by atoms with Crippen LogP contribution in [-0.4, -0.2) is 19.6 Å². The van der Waals surface area contributed by atoms with Crippen LogP contribution in [0.3, 0.4) is 0 Å². The normalized spacial score (nSPS) is 16.1. The molecular formula is C15H22N2O2. The molecule has 1 aromatic carbocycles. The summed E-state index contributed by atoms with van der Waals surface area (Å²) in [7, 11) is 1.36. The third kappa shape index (κ3) is 3.63. The maximum atomic E-state index is 11.6. The van der Waals surface area contributed by atoms with Crippen molar-refractivity contribution in [3.05, 3.63) is 23.8 Å². The van der Waals surface area contributed by atoms with Crippen LogP contribution in [0.1, 0.15) is 42.5 Å². The molecule has 0 unspecified atom stereocenters. The van der Waals surface area contributed by atoms with Gasteiger partial charge in [-0.2, -0.15) is 0 Å². The molecule has 1 fully saturated rings. The molecule has 3 N–H and O–H groups in total. The summed E-state index contributed by atoms with van der Waals surface area (Å²) in [5, 5.41) is 3.40. The number of anilines is 2. The lowest BCUT2D eigenvalue weighted by Crippen LogP contribution is -2.17. The molecule has 1 saturated carbocycles. The number of nitrogen functional groups attached to an aromatic ring is 1. The zero-order valence-corrected chi connectivity index (χ0v) is 11.4. The molecule has 1 aromatic rings. The molecule has 0 radical (unpaired) electrons. The minimum Gasteiger partial charge on any atom is -0.465 e. The highest BCUT2D eigenvalue weighted by molar-refractivity contribution is 5.96. The maximum Gasteiger partial charge on any atom is 0.340 e. The van der Waals surface area contributed by atoms with Crippen molar-refractivity contribution in [3.63, 3.8) is 0 Å². The van der Waals surface area contributed by atoms with Crippen molar-refractivity contribution in [2.45, 2.75) is 32.1 Å². The first kappa shape index (κ1) is 13.7. The second-order valence-electron chi connectivity index (χ2n) is 5.18. The van der Waals surface area contributed by atoms with E-state index in [4.69, 9.17) is 10.5 Å². The van der Waals surface area contributed by atoms with Crippen molar-refractivity contribution in [2.24, 2.45) is 5.92 Å². The molecule has 19 heavy (non-hydrogen) atoms. The average Bonchev–Trinajstić information content (AvgIpc) is 2.46. The highest BCUT2D eigenvalue weighted by atomic mass is 16.5. The number of ether oxygens (including phenoxy) is 1. The van der Waals surface area contributed by atoms with Crippen LogP contribution in [0.15, 0.2) is 18.2 Å². The molecule has 0 atom stereocenters. The predicted octanol–water partition coefficient (Wildman–Crippen LogP) is 3.05. The lowest BCUT2D eigenvalue weighted by Gasteiger charge is -2.22. The monoisotopic (exact) mass is 262 g/mol. The van der Waals surface area contributed by atoms with Gasteiger partial charge in [-0.05, 0) is 37.0 Å². The number of nitrogens with one attached hydrogen (secondary N) is 1. The summed E-state index contributed by atoms with van der Waals surface area (Å²) < 4.78 is 4.72. The zero-order chi connectivity index (χ0) is 13.7. The Morgan fingerprint density at radius 3 is 2.79 bits per heavy atom. The second kappa shape index (κ2) is 6.45. The Morgan fingerprint density at radius 2 is 2.11 bits per heavy atom. The van der Waals surface area contributed by atoms with E-state index in [0.717, 1.165) is 18.2 Å². The summed E-state index contributed by atoms with van der Waals surface area (Å²) in [6.07, 6.45) is 6.63. The first-order chi connectivity index (χ1) is 9.20. The van der Waals surface area contributed by atoms with Gasteiger partial charge in [-0.15, -0.1) is 0 Å². The quantitative estimate of drug-likeness (QED) is 0.646. The number of benzene rings is 1. The van der Waals surface area contributed by atoms with Crippen LogP contribution in [0.2, 0.25) is 0 Å². The van der Waals surface area contributed by atoms with Gasteiger partial charge in [0.25, 0.3) is 0 Å². The molecule has 0 aromatic heterocycles. The summed E-state index contributed by atoms with van der Waals surface area (Å²) in [4.78, 5) is 11.6. The molecule has 4 heteroatoms. The van der Waals surface area contributed by atoms with E-state index in [9.17, 15) is 4.79 Å². The molecule has 4 nitrogen and oxygen atoms in total. The summed E-state index contributed by atoms with van der Waals surface area (Å²) >= 11 is 0. The lowest BCUT2D eigenvalue weighted by atomic mass is 9.89. The number of carbonyl (C=O) groups is 1. The Labute approximate surface area is 114 Å². The Kier molecular flexibility index (Phi) is 4.66. The summed E-state index contributed by atoms with van der Waals surface area (Å²) in [5.74, 6) is 0.353. The van der Waals surface area contributed by atoms with Crippen LogP contribution < -0.4 is 11.1 Å². The maximum absolute atomic E-state index is 11.6. The molecule has 0 saturated heterocycles. The Bertz CT molecular complexity index is 440. The van der Waals surface area contributed by atoms with Gasteiger partial charge in [-0.1, -0.05) is 19.3 Å². The van der Waals surface area contributed by atoms with Crippen LogP contribution in [0, 0.1) is 5.92 Å². The largest absolute Gasteiger partial charge is 0.465 e. The molecule has 0 amide bonds. The van der Waals surface area contributed by atoms with E-state index in [1.807, 2.05) is 6.07 Å². The molecule has 2 rings (SSSR count). The molecule has 1 aliphatic rings. The number of rotatable bonds is 4. The van der Waals surface area contributed by atoms with Crippen molar-refractivity contribution < 1.29 is 9.53 Å². The SMILES string of the molecule is COC(=O)c1cc(NCC2CCCCC2)ccc1N. The van der Waals surface area contributed by atoms with Gasteiger partial charge in [0.2, 0.25) is 0 Å². The average molecular weight is 262 g/mol. The van der Waals surface area contributed by atoms with Crippen LogP contribution in [0.5, 0.6) is 0 Å². The first-order valence-electron chi connectivity index (χ1n) is 6.92. The Morgan fingerprint density at radius 1 is 1.37 bits per heavy atom. The van der Waals surface area contributed by atoms with E-state index in [1.165, 1.54) is 39.2 Å². The summed E-state index contributed by atoms with van der Waals surface area (Å²) in [6.45, 7) is 0.963. The Balaban J connectivity index is 1.98. The molecule has 0 heterocycles. The minimum absolute atomic E-state index is 0.390. The summed E-state index contributed by atoms with van der Waals surface area (Å²) in [5.41, 5.74) is 7.59. The van der Waals surface area contributed by atoms with E-state index >= 15 is 0 Å². The predicted molar refractivity (Wildman–Crippen MR) is 77.3 cm³/mol. The number of hydrogen-bond donors (Lipinski definition) is 2. The molecule has 104 valence electrons. The van der Waals surface area contributed by atoms with Crippen LogP contribution in [-0.2, 0) is 4.74 Å². The number of carbonyl (C=O) groups excluding carboxylic acids is 1. The third-order valence-electron chi connectivity index (χ3n) is 3.78. The smallest absolute Gasteiger partial charge is 0.340 e. The van der Waals surface area contributed by atoms with Crippen molar-refractivity contribution in [3.8, 4) is 0 Å². The van der Waals surface area contributed by atoms with Crippen molar-refractivity contribution in [1.29, 1.82) is 0 Å². The van der Waals surface area contributed by atoms with Gasteiger partial charge in [-0.25, -0.2) is 4.79 Å². The van der Waals surface area contributed by atoms with Gasteiger partial charge < -0.3 is 15.8 Å². The molecule has 0 aliphatic heterocycles. The van der Waals surface area contributed by atoms with E-state index in [1.54, 1.807) is 12.1 Å². The molecular weight excluding hydrogens is 240 g/mol. The van der Waals surface area contributed by atoms with Gasteiger partial charge in [0.05, 0.1) is 12.7 Å². The molecule has 1 aliphatic carbocycles. The Hall–Kier alpha value is -1.71. The first-order valence-corrected chi connectivity index (χ1v) is 6.92. The van der Waals surface area contributed by atoms with Crippen LogP contribution in [0.4, 0.5) is 11.4 Å². The van der Waals surface area contributed by atoms with E-state index in [0.29, 0.717) is 11.3 Å².